The van der Waals surface area contributed by atoms with Crippen molar-refractivity contribution < 1.29 is 18.3 Å². The summed E-state index contributed by atoms with van der Waals surface area (Å²) in [4.78, 5) is 0. The maximum Gasteiger partial charge on any atom is 0.416 e. The molecule has 0 aliphatic carbocycles. The van der Waals surface area contributed by atoms with Gasteiger partial charge in [-0.15, -0.1) is 0 Å². The van der Waals surface area contributed by atoms with Gasteiger partial charge in [-0.1, -0.05) is 0 Å². The highest BCUT2D eigenvalue weighted by atomic mass is 19.4. The molecule has 0 aromatic heterocycles. The maximum atomic E-state index is 12.2. The van der Waals surface area contributed by atoms with Crippen LogP contribution in [0.15, 0.2) is 18.2 Å². The van der Waals surface area contributed by atoms with Crippen LogP contribution in [0.5, 0.6) is 5.75 Å². The first-order valence-corrected chi connectivity index (χ1v) is 4.03. The van der Waals surface area contributed by atoms with Crippen molar-refractivity contribution in [1.29, 1.82) is 0 Å². The van der Waals surface area contributed by atoms with Crippen LogP contribution >= 0.6 is 0 Å². The molecular formula is C9H10F3NO. The molecule has 0 aliphatic rings. The lowest BCUT2D eigenvalue weighted by atomic mass is 10.1. The summed E-state index contributed by atoms with van der Waals surface area (Å²) in [5, 5.41) is 9.04. The molecule has 0 radical (unpaired) electrons. The van der Waals surface area contributed by atoms with E-state index in [2.05, 4.69) is 0 Å². The van der Waals surface area contributed by atoms with Crippen LogP contribution in [0.25, 0.3) is 0 Å². The molecule has 14 heavy (non-hydrogen) atoms. The quantitative estimate of drug-likeness (QED) is 0.774. The van der Waals surface area contributed by atoms with Gasteiger partial charge in [0.15, 0.2) is 0 Å². The number of alkyl halides is 3. The fraction of sp³-hybridized carbons (Fsp3) is 0.333. The van der Waals surface area contributed by atoms with Gasteiger partial charge >= 0.3 is 6.18 Å². The van der Waals surface area contributed by atoms with Crippen LogP contribution in [0.3, 0.4) is 0 Å². The summed E-state index contributed by atoms with van der Waals surface area (Å²) in [5.74, 6) is -0.386. The molecule has 0 spiro atoms. The van der Waals surface area contributed by atoms with Gasteiger partial charge < -0.3 is 10.8 Å². The topological polar surface area (TPSA) is 46.2 Å². The lowest BCUT2D eigenvalue weighted by Crippen LogP contribution is -2.07. The van der Waals surface area contributed by atoms with Crippen molar-refractivity contribution >= 4 is 0 Å². The van der Waals surface area contributed by atoms with Crippen molar-refractivity contribution in [3.63, 3.8) is 0 Å². The van der Waals surface area contributed by atoms with E-state index in [4.69, 9.17) is 10.8 Å². The first kappa shape index (κ1) is 10.8. The van der Waals surface area contributed by atoms with Crippen LogP contribution in [0.4, 0.5) is 13.2 Å². The first-order chi connectivity index (χ1) is 6.43. The second-order valence-corrected chi connectivity index (χ2v) is 2.92. The average Bonchev–Trinajstić information content (AvgIpc) is 2.02. The molecule has 0 fully saturated rings. The van der Waals surface area contributed by atoms with Gasteiger partial charge in [-0.25, -0.2) is 0 Å². The minimum atomic E-state index is -4.43. The standard InChI is InChI=1S/C9H10F3NO/c10-9(11,12)7-3-6(1-2-13)4-8(14)5-7/h3-5,14H,1-2,13H2. The van der Waals surface area contributed by atoms with Crippen LogP contribution in [0.2, 0.25) is 0 Å². The number of phenolic OH excluding ortho intramolecular Hbond substituents is 1. The molecule has 0 heterocycles. The molecule has 2 nitrogen and oxygen atoms in total. The molecule has 0 atom stereocenters. The maximum absolute atomic E-state index is 12.2. The highest BCUT2D eigenvalue weighted by Crippen LogP contribution is 2.32. The summed E-state index contributed by atoms with van der Waals surface area (Å²) < 4.78 is 36.7. The average molecular weight is 205 g/mol. The van der Waals surface area contributed by atoms with E-state index >= 15 is 0 Å². The number of halogens is 3. The van der Waals surface area contributed by atoms with E-state index in [0.29, 0.717) is 18.1 Å². The molecule has 0 amide bonds. The predicted molar refractivity (Wildman–Crippen MR) is 45.9 cm³/mol. The molecule has 5 heteroatoms. The van der Waals surface area contributed by atoms with Crippen molar-refractivity contribution in [2.45, 2.75) is 12.6 Å². The Morgan fingerprint density at radius 2 is 1.86 bits per heavy atom. The number of nitrogens with two attached hydrogens (primary N) is 1. The molecular weight excluding hydrogens is 195 g/mol. The molecule has 1 aromatic rings. The van der Waals surface area contributed by atoms with Crippen LogP contribution in [0, 0.1) is 0 Å². The fourth-order valence-electron chi connectivity index (χ4n) is 1.15. The summed E-state index contributed by atoms with van der Waals surface area (Å²) in [6.45, 7) is 0.251. The van der Waals surface area contributed by atoms with E-state index in [1.54, 1.807) is 0 Å². The molecule has 1 aromatic carbocycles. The Balaban J connectivity index is 3.07. The minimum absolute atomic E-state index is 0.251. The van der Waals surface area contributed by atoms with E-state index in [-0.39, 0.29) is 12.3 Å². The van der Waals surface area contributed by atoms with E-state index in [1.165, 1.54) is 6.07 Å². The summed E-state index contributed by atoms with van der Waals surface area (Å²) >= 11 is 0. The number of hydrogen-bond donors (Lipinski definition) is 2. The second kappa shape index (κ2) is 3.88. The molecule has 0 unspecified atom stereocenters. The highest BCUT2D eigenvalue weighted by Gasteiger charge is 2.31. The van der Waals surface area contributed by atoms with E-state index in [1.807, 2.05) is 0 Å². The third-order valence-electron chi connectivity index (χ3n) is 1.74. The predicted octanol–water partition coefficient (Wildman–Crippen LogP) is 1.91. The zero-order valence-corrected chi connectivity index (χ0v) is 7.30. The highest BCUT2D eigenvalue weighted by molar-refractivity contribution is 5.35. The van der Waals surface area contributed by atoms with Gasteiger partial charge in [-0.2, -0.15) is 13.2 Å². The third kappa shape index (κ3) is 2.63. The number of rotatable bonds is 2. The van der Waals surface area contributed by atoms with Gasteiger partial charge in [0.1, 0.15) is 5.75 Å². The molecule has 0 saturated carbocycles. The number of phenols is 1. The normalized spacial score (nSPS) is 11.7. The molecule has 3 N–H and O–H groups in total. The smallest absolute Gasteiger partial charge is 0.416 e. The van der Waals surface area contributed by atoms with Gasteiger partial charge in [0.25, 0.3) is 0 Å². The Morgan fingerprint density at radius 3 is 2.36 bits per heavy atom. The van der Waals surface area contributed by atoms with Gasteiger partial charge in [0.2, 0.25) is 0 Å². The molecule has 0 aliphatic heterocycles. The summed E-state index contributed by atoms with van der Waals surface area (Å²) in [6.07, 6.45) is -4.11. The Labute approximate surface area is 79.2 Å². The van der Waals surface area contributed by atoms with Gasteiger partial charge in [0, 0.05) is 0 Å². The van der Waals surface area contributed by atoms with Crippen molar-refractivity contribution in [2.75, 3.05) is 6.54 Å². The van der Waals surface area contributed by atoms with Gasteiger partial charge in [0.05, 0.1) is 5.56 Å². The molecule has 78 valence electrons. The van der Waals surface area contributed by atoms with E-state index in [9.17, 15) is 13.2 Å². The monoisotopic (exact) mass is 205 g/mol. The van der Waals surface area contributed by atoms with Crippen molar-refractivity contribution in [1.82, 2.24) is 0 Å². The SMILES string of the molecule is NCCc1cc(O)cc(C(F)(F)F)c1. The summed E-state index contributed by atoms with van der Waals surface area (Å²) in [6, 6.07) is 2.97. The molecule has 0 bridgehead atoms. The van der Waals surface area contributed by atoms with Crippen molar-refractivity contribution in [2.24, 2.45) is 5.73 Å². The minimum Gasteiger partial charge on any atom is -0.508 e. The van der Waals surface area contributed by atoms with Crippen LogP contribution in [-0.4, -0.2) is 11.7 Å². The lowest BCUT2D eigenvalue weighted by Gasteiger charge is -2.09. The van der Waals surface area contributed by atoms with E-state index in [0.717, 1.165) is 6.07 Å². The zero-order chi connectivity index (χ0) is 10.8. The largest absolute Gasteiger partial charge is 0.508 e. The zero-order valence-electron chi connectivity index (χ0n) is 7.30. The third-order valence-corrected chi connectivity index (χ3v) is 1.74. The van der Waals surface area contributed by atoms with E-state index < -0.39 is 11.7 Å². The fourth-order valence-corrected chi connectivity index (χ4v) is 1.15. The number of hydrogen-bond acceptors (Lipinski definition) is 2. The van der Waals surface area contributed by atoms with Crippen LogP contribution in [-0.2, 0) is 12.6 Å². The van der Waals surface area contributed by atoms with Crippen LogP contribution < -0.4 is 5.73 Å². The summed E-state index contributed by atoms with van der Waals surface area (Å²) in [5.41, 5.74) is 4.75. The Hall–Kier alpha value is -1.23. The van der Waals surface area contributed by atoms with Gasteiger partial charge in [-0.05, 0) is 36.7 Å². The Bertz CT molecular complexity index is 322. The van der Waals surface area contributed by atoms with Crippen molar-refractivity contribution in [3.05, 3.63) is 29.3 Å². The number of aromatic hydroxyl groups is 1. The Morgan fingerprint density at radius 1 is 1.21 bits per heavy atom. The van der Waals surface area contributed by atoms with Crippen LogP contribution in [0.1, 0.15) is 11.1 Å². The van der Waals surface area contributed by atoms with Crippen molar-refractivity contribution in [3.8, 4) is 5.75 Å². The second-order valence-electron chi connectivity index (χ2n) is 2.92. The van der Waals surface area contributed by atoms with Gasteiger partial charge in [-0.3, -0.25) is 0 Å². The summed E-state index contributed by atoms with van der Waals surface area (Å²) in [7, 11) is 0. The molecule has 1 rings (SSSR count). The lowest BCUT2D eigenvalue weighted by molar-refractivity contribution is -0.137. The molecule has 0 saturated heterocycles. The first-order valence-electron chi connectivity index (χ1n) is 4.03. The Kier molecular flexibility index (Phi) is 3.00. The number of benzene rings is 1.